The summed E-state index contributed by atoms with van der Waals surface area (Å²) in [6.07, 6.45) is 3.32. The fraction of sp³-hybridized carbons (Fsp3) is 0.304. The largest absolute Gasteiger partial charge is 0.497 e. The highest BCUT2D eigenvalue weighted by Crippen LogP contribution is 2.30. The molecule has 1 aromatic heterocycles. The van der Waals surface area contributed by atoms with E-state index in [1.807, 2.05) is 37.3 Å². The Kier molecular flexibility index (Phi) is 7.64. The fourth-order valence-corrected chi connectivity index (χ4v) is 3.08. The maximum absolute atomic E-state index is 12.8. The summed E-state index contributed by atoms with van der Waals surface area (Å²) >= 11 is 0. The van der Waals surface area contributed by atoms with Gasteiger partial charge in [-0.3, -0.25) is 4.79 Å². The number of hydrogen-bond donors (Lipinski definition) is 3. The third kappa shape index (κ3) is 6.07. The molecule has 31 heavy (non-hydrogen) atoms. The Morgan fingerprint density at radius 3 is 2.65 bits per heavy atom. The van der Waals surface area contributed by atoms with Gasteiger partial charge in [0.25, 0.3) is 0 Å². The van der Waals surface area contributed by atoms with Crippen LogP contribution in [0.1, 0.15) is 19.4 Å². The number of ether oxygens (including phenoxy) is 3. The molecule has 4 N–H and O–H groups in total. The lowest BCUT2D eigenvalue weighted by atomic mass is 10.1. The van der Waals surface area contributed by atoms with Gasteiger partial charge in [-0.15, -0.1) is 0 Å². The second-order valence-electron chi connectivity index (χ2n) is 6.94. The van der Waals surface area contributed by atoms with Crippen molar-refractivity contribution in [2.75, 3.05) is 19.0 Å². The van der Waals surface area contributed by atoms with Crippen LogP contribution < -0.4 is 20.5 Å². The molecule has 0 aliphatic carbocycles. The molecule has 0 spiro atoms. The average molecular weight is 425 g/mol. The monoisotopic (exact) mass is 424 g/mol. The van der Waals surface area contributed by atoms with Crippen molar-refractivity contribution in [2.45, 2.75) is 32.6 Å². The molecule has 0 fully saturated rings. The van der Waals surface area contributed by atoms with Gasteiger partial charge in [0.15, 0.2) is 6.29 Å². The SMILES string of the molecule is CCOC(C)Oc1ccc(-c2ncc[nH]2)cc1NC(=O)C(N)Cc1ccc(OC)cc1. The van der Waals surface area contributed by atoms with Crippen LogP contribution in [0, 0.1) is 0 Å². The van der Waals surface area contributed by atoms with Crippen LogP contribution in [0.15, 0.2) is 54.9 Å². The summed E-state index contributed by atoms with van der Waals surface area (Å²) < 4.78 is 16.5. The third-order valence-corrected chi connectivity index (χ3v) is 4.65. The Labute approximate surface area is 181 Å². The lowest BCUT2D eigenvalue weighted by Gasteiger charge is -2.19. The smallest absolute Gasteiger partial charge is 0.241 e. The highest BCUT2D eigenvalue weighted by atomic mass is 16.7. The zero-order valence-electron chi connectivity index (χ0n) is 17.9. The molecule has 0 bridgehead atoms. The van der Waals surface area contributed by atoms with Crippen molar-refractivity contribution in [1.29, 1.82) is 0 Å². The number of hydrogen-bond acceptors (Lipinski definition) is 6. The summed E-state index contributed by atoms with van der Waals surface area (Å²) in [5, 5.41) is 2.89. The van der Waals surface area contributed by atoms with Crippen molar-refractivity contribution < 1.29 is 19.0 Å². The van der Waals surface area contributed by atoms with E-state index in [-0.39, 0.29) is 5.91 Å². The van der Waals surface area contributed by atoms with Gasteiger partial charge in [0.05, 0.1) is 18.8 Å². The molecule has 1 heterocycles. The first kappa shape index (κ1) is 22.3. The summed E-state index contributed by atoms with van der Waals surface area (Å²) in [6.45, 7) is 4.20. The van der Waals surface area contributed by atoms with Crippen LogP contribution >= 0.6 is 0 Å². The highest BCUT2D eigenvalue weighted by molar-refractivity contribution is 5.96. The molecule has 0 aliphatic heterocycles. The summed E-state index contributed by atoms with van der Waals surface area (Å²) in [5.74, 6) is 1.60. The lowest BCUT2D eigenvalue weighted by Crippen LogP contribution is -2.37. The van der Waals surface area contributed by atoms with E-state index in [1.54, 1.807) is 38.6 Å². The van der Waals surface area contributed by atoms with Crippen molar-refractivity contribution in [2.24, 2.45) is 5.73 Å². The van der Waals surface area contributed by atoms with Gasteiger partial charge >= 0.3 is 0 Å². The minimum atomic E-state index is -0.738. The zero-order valence-corrected chi connectivity index (χ0v) is 17.9. The third-order valence-electron chi connectivity index (χ3n) is 4.65. The first-order chi connectivity index (χ1) is 15.0. The number of amides is 1. The molecule has 3 aromatic rings. The molecule has 2 unspecified atom stereocenters. The number of H-pyrrole nitrogens is 1. The van der Waals surface area contributed by atoms with Crippen LogP contribution in [0.4, 0.5) is 5.69 Å². The number of carbonyl (C=O) groups excluding carboxylic acids is 1. The van der Waals surface area contributed by atoms with Gasteiger partial charge in [-0.2, -0.15) is 0 Å². The number of nitrogens with zero attached hydrogens (tertiary/aromatic N) is 1. The van der Waals surface area contributed by atoms with E-state index >= 15 is 0 Å². The number of aromatic amines is 1. The number of anilines is 1. The fourth-order valence-electron chi connectivity index (χ4n) is 3.08. The van der Waals surface area contributed by atoms with Crippen molar-refractivity contribution in [3.63, 3.8) is 0 Å². The number of imidazole rings is 1. The van der Waals surface area contributed by atoms with Gasteiger partial charge in [-0.1, -0.05) is 12.1 Å². The molecule has 0 radical (unpaired) electrons. The molecule has 164 valence electrons. The minimum Gasteiger partial charge on any atom is -0.497 e. The molecular weight excluding hydrogens is 396 g/mol. The summed E-state index contributed by atoms with van der Waals surface area (Å²) in [6, 6.07) is 12.2. The van der Waals surface area contributed by atoms with Crippen LogP contribution in [-0.4, -0.2) is 41.9 Å². The molecule has 1 amide bonds. The van der Waals surface area contributed by atoms with Gasteiger partial charge in [-0.05, 0) is 56.2 Å². The van der Waals surface area contributed by atoms with Crippen molar-refractivity contribution >= 4 is 11.6 Å². The minimum absolute atomic E-state index is 0.318. The van der Waals surface area contributed by atoms with Crippen molar-refractivity contribution in [3.8, 4) is 22.9 Å². The van der Waals surface area contributed by atoms with E-state index in [1.165, 1.54) is 0 Å². The first-order valence-corrected chi connectivity index (χ1v) is 10.1. The number of carbonyl (C=O) groups is 1. The van der Waals surface area contributed by atoms with E-state index < -0.39 is 12.3 Å². The lowest BCUT2D eigenvalue weighted by molar-refractivity contribution is -0.117. The van der Waals surface area contributed by atoms with Crippen molar-refractivity contribution in [1.82, 2.24) is 9.97 Å². The quantitative estimate of drug-likeness (QED) is 0.430. The van der Waals surface area contributed by atoms with E-state index in [0.717, 1.165) is 16.9 Å². The molecular formula is C23H28N4O4. The molecule has 8 heteroatoms. The Balaban J connectivity index is 1.77. The molecule has 0 aliphatic rings. The van der Waals surface area contributed by atoms with Crippen molar-refractivity contribution in [3.05, 3.63) is 60.4 Å². The van der Waals surface area contributed by atoms with Gasteiger partial charge < -0.3 is 30.2 Å². The number of nitrogens with one attached hydrogen (secondary N) is 2. The maximum atomic E-state index is 12.8. The summed E-state index contributed by atoms with van der Waals surface area (Å²) in [5.41, 5.74) is 8.41. The van der Waals surface area contributed by atoms with Gasteiger partial charge in [0.1, 0.15) is 17.3 Å². The van der Waals surface area contributed by atoms with E-state index in [2.05, 4.69) is 15.3 Å². The Bertz CT molecular complexity index is 974. The predicted molar refractivity (Wildman–Crippen MR) is 119 cm³/mol. The van der Waals surface area contributed by atoms with Crippen LogP contribution in [0.3, 0.4) is 0 Å². The van der Waals surface area contributed by atoms with Gasteiger partial charge in [0, 0.05) is 24.6 Å². The number of benzene rings is 2. The summed E-state index contributed by atoms with van der Waals surface area (Å²) in [4.78, 5) is 20.1. The van der Waals surface area contributed by atoms with Gasteiger partial charge in [0.2, 0.25) is 5.91 Å². The highest BCUT2D eigenvalue weighted by Gasteiger charge is 2.18. The standard InChI is InChI=1S/C23H28N4O4/c1-4-30-15(2)31-21-10-7-17(22-25-11-12-26-22)14-20(21)27-23(28)19(24)13-16-5-8-18(29-3)9-6-16/h5-12,14-15,19H,4,13,24H2,1-3H3,(H,25,26)(H,27,28). The maximum Gasteiger partial charge on any atom is 0.241 e. The zero-order chi connectivity index (χ0) is 22.2. The Morgan fingerprint density at radius 2 is 2.00 bits per heavy atom. The number of aromatic nitrogens is 2. The second-order valence-corrected chi connectivity index (χ2v) is 6.94. The molecule has 0 saturated carbocycles. The normalized spacial score (nSPS) is 12.8. The number of nitrogens with two attached hydrogens (primary N) is 1. The van der Waals surface area contributed by atoms with E-state index in [9.17, 15) is 4.79 Å². The van der Waals surface area contributed by atoms with E-state index in [0.29, 0.717) is 30.3 Å². The molecule has 3 rings (SSSR count). The Hall–Kier alpha value is -3.36. The average Bonchev–Trinajstić information content (AvgIpc) is 3.30. The van der Waals surface area contributed by atoms with Crippen LogP contribution in [0.25, 0.3) is 11.4 Å². The van der Waals surface area contributed by atoms with Crippen LogP contribution in [-0.2, 0) is 16.0 Å². The molecule has 0 saturated heterocycles. The number of methoxy groups -OCH3 is 1. The Morgan fingerprint density at radius 1 is 1.23 bits per heavy atom. The number of rotatable bonds is 10. The van der Waals surface area contributed by atoms with Crippen LogP contribution in [0.2, 0.25) is 0 Å². The second kappa shape index (κ2) is 10.6. The summed E-state index contributed by atoms with van der Waals surface area (Å²) in [7, 11) is 1.61. The molecule has 8 nitrogen and oxygen atoms in total. The first-order valence-electron chi connectivity index (χ1n) is 10.1. The van der Waals surface area contributed by atoms with Crippen LogP contribution in [0.5, 0.6) is 11.5 Å². The molecule has 2 aromatic carbocycles. The predicted octanol–water partition coefficient (Wildman–Crippen LogP) is 3.36. The van der Waals surface area contributed by atoms with E-state index in [4.69, 9.17) is 19.9 Å². The van der Waals surface area contributed by atoms with Gasteiger partial charge in [-0.25, -0.2) is 4.98 Å². The topological polar surface area (TPSA) is 111 Å². The molecule has 2 atom stereocenters.